The Bertz CT molecular complexity index is 388. The molecule has 0 spiro atoms. The second kappa shape index (κ2) is 5.68. The van der Waals surface area contributed by atoms with E-state index in [0.717, 1.165) is 19.0 Å². The minimum atomic E-state index is -0.925. The fraction of sp³-hybridized carbons (Fsp3) is 0.462. The van der Waals surface area contributed by atoms with E-state index in [0.29, 0.717) is 12.4 Å². The van der Waals surface area contributed by atoms with Crippen LogP contribution in [0.2, 0.25) is 0 Å². The van der Waals surface area contributed by atoms with Gasteiger partial charge in [0, 0.05) is 6.04 Å². The van der Waals surface area contributed by atoms with Crippen LogP contribution in [-0.4, -0.2) is 30.3 Å². The van der Waals surface area contributed by atoms with Crippen LogP contribution in [0.25, 0.3) is 0 Å². The van der Waals surface area contributed by atoms with Crippen molar-refractivity contribution in [3.05, 3.63) is 29.8 Å². The van der Waals surface area contributed by atoms with Crippen LogP contribution in [0.4, 0.5) is 0 Å². The number of nitrogens with one attached hydrogen (secondary N) is 1. The number of rotatable bonds is 7. The summed E-state index contributed by atoms with van der Waals surface area (Å²) < 4.78 is 5.50. The van der Waals surface area contributed by atoms with Gasteiger partial charge in [-0.25, -0.2) is 4.79 Å². The lowest BCUT2D eigenvalue weighted by Gasteiger charge is -2.07. The van der Waals surface area contributed by atoms with E-state index >= 15 is 0 Å². The van der Waals surface area contributed by atoms with E-state index in [2.05, 4.69) is 5.32 Å². The van der Waals surface area contributed by atoms with E-state index in [4.69, 9.17) is 9.84 Å². The molecule has 0 unspecified atom stereocenters. The molecule has 1 aliphatic carbocycles. The minimum absolute atomic E-state index is 0.263. The molecule has 1 aromatic carbocycles. The van der Waals surface area contributed by atoms with E-state index in [1.807, 2.05) is 0 Å². The van der Waals surface area contributed by atoms with E-state index < -0.39 is 5.97 Å². The summed E-state index contributed by atoms with van der Waals surface area (Å²) in [5.41, 5.74) is 0.263. The molecule has 1 aromatic rings. The van der Waals surface area contributed by atoms with Gasteiger partial charge in [0.1, 0.15) is 5.75 Å². The van der Waals surface area contributed by atoms with Crippen molar-refractivity contribution in [2.75, 3.05) is 13.2 Å². The Morgan fingerprint density at radius 2 is 2.29 bits per heavy atom. The summed E-state index contributed by atoms with van der Waals surface area (Å²) in [4.78, 5) is 10.7. The maximum atomic E-state index is 10.7. The third kappa shape index (κ3) is 4.07. The number of hydrogen-bond donors (Lipinski definition) is 2. The zero-order chi connectivity index (χ0) is 12.1. The molecule has 1 aliphatic rings. The zero-order valence-corrected chi connectivity index (χ0v) is 9.69. The third-order valence-corrected chi connectivity index (χ3v) is 2.68. The number of benzene rings is 1. The van der Waals surface area contributed by atoms with E-state index in [9.17, 15) is 4.79 Å². The normalized spacial score (nSPS) is 14.6. The Labute approximate surface area is 101 Å². The van der Waals surface area contributed by atoms with Crippen molar-refractivity contribution >= 4 is 5.97 Å². The maximum Gasteiger partial charge on any atom is 0.335 e. The molecule has 0 amide bonds. The van der Waals surface area contributed by atoms with Crippen molar-refractivity contribution in [3.8, 4) is 5.75 Å². The Morgan fingerprint density at radius 1 is 1.47 bits per heavy atom. The summed E-state index contributed by atoms with van der Waals surface area (Å²) in [7, 11) is 0. The predicted molar refractivity (Wildman–Crippen MR) is 64.5 cm³/mol. The molecule has 0 heterocycles. The van der Waals surface area contributed by atoms with Gasteiger partial charge >= 0.3 is 5.97 Å². The van der Waals surface area contributed by atoms with Gasteiger partial charge in [-0.05, 0) is 44.0 Å². The lowest BCUT2D eigenvalue weighted by molar-refractivity contribution is 0.0696. The van der Waals surface area contributed by atoms with Crippen LogP contribution < -0.4 is 10.1 Å². The molecule has 17 heavy (non-hydrogen) atoms. The number of aromatic carboxylic acids is 1. The molecule has 0 atom stereocenters. The molecule has 0 aliphatic heterocycles. The van der Waals surface area contributed by atoms with Gasteiger partial charge in [0.2, 0.25) is 0 Å². The first-order valence-corrected chi connectivity index (χ1v) is 5.95. The largest absolute Gasteiger partial charge is 0.494 e. The molecular formula is C13H17NO3. The Balaban J connectivity index is 1.70. The van der Waals surface area contributed by atoms with Gasteiger partial charge in [0.15, 0.2) is 0 Å². The van der Waals surface area contributed by atoms with Crippen LogP contribution in [0.3, 0.4) is 0 Å². The minimum Gasteiger partial charge on any atom is -0.494 e. The highest BCUT2D eigenvalue weighted by Gasteiger charge is 2.19. The second-order valence-electron chi connectivity index (χ2n) is 4.26. The summed E-state index contributed by atoms with van der Waals surface area (Å²) in [6.07, 6.45) is 3.52. The molecule has 4 heteroatoms. The Morgan fingerprint density at radius 3 is 3.00 bits per heavy atom. The fourth-order valence-electron chi connectivity index (χ4n) is 1.57. The number of hydrogen-bond acceptors (Lipinski definition) is 3. The summed E-state index contributed by atoms with van der Waals surface area (Å²) >= 11 is 0. The van der Waals surface area contributed by atoms with Crippen molar-refractivity contribution < 1.29 is 14.6 Å². The van der Waals surface area contributed by atoms with Crippen molar-refractivity contribution in [2.24, 2.45) is 0 Å². The molecule has 0 saturated heterocycles. The highest BCUT2D eigenvalue weighted by Crippen LogP contribution is 2.18. The van der Waals surface area contributed by atoms with Crippen LogP contribution in [0.5, 0.6) is 5.75 Å². The Hall–Kier alpha value is -1.55. The summed E-state index contributed by atoms with van der Waals surface area (Å²) in [5.74, 6) is -0.304. The van der Waals surface area contributed by atoms with Gasteiger partial charge < -0.3 is 15.2 Å². The SMILES string of the molecule is O=C(O)c1cccc(OCCCNC2CC2)c1. The molecule has 1 saturated carbocycles. The van der Waals surface area contributed by atoms with Crippen LogP contribution in [0, 0.1) is 0 Å². The van der Waals surface area contributed by atoms with Gasteiger partial charge in [-0.2, -0.15) is 0 Å². The standard InChI is InChI=1S/C13H17NO3/c15-13(16)10-3-1-4-12(9-10)17-8-2-7-14-11-5-6-11/h1,3-4,9,11,14H,2,5-8H2,(H,15,16). The maximum absolute atomic E-state index is 10.7. The third-order valence-electron chi connectivity index (χ3n) is 2.68. The van der Waals surface area contributed by atoms with Crippen molar-refractivity contribution in [1.29, 1.82) is 0 Å². The smallest absolute Gasteiger partial charge is 0.335 e. The van der Waals surface area contributed by atoms with Gasteiger partial charge in [-0.3, -0.25) is 0 Å². The second-order valence-corrected chi connectivity index (χ2v) is 4.26. The molecule has 2 N–H and O–H groups in total. The van der Waals surface area contributed by atoms with Crippen LogP contribution in [0.15, 0.2) is 24.3 Å². The summed E-state index contributed by atoms with van der Waals surface area (Å²) in [6, 6.07) is 7.31. The van der Waals surface area contributed by atoms with E-state index in [-0.39, 0.29) is 5.56 Å². The molecule has 92 valence electrons. The molecule has 4 nitrogen and oxygen atoms in total. The molecule has 1 fully saturated rings. The van der Waals surface area contributed by atoms with Gasteiger partial charge in [-0.1, -0.05) is 6.07 Å². The monoisotopic (exact) mass is 235 g/mol. The van der Waals surface area contributed by atoms with Crippen LogP contribution in [-0.2, 0) is 0 Å². The first kappa shape index (κ1) is 11.9. The molecule has 0 bridgehead atoms. The average Bonchev–Trinajstić information content (AvgIpc) is 3.13. The lowest BCUT2D eigenvalue weighted by atomic mass is 10.2. The van der Waals surface area contributed by atoms with Crippen molar-refractivity contribution in [3.63, 3.8) is 0 Å². The van der Waals surface area contributed by atoms with Gasteiger partial charge in [0.05, 0.1) is 12.2 Å². The van der Waals surface area contributed by atoms with Gasteiger partial charge in [0.25, 0.3) is 0 Å². The van der Waals surface area contributed by atoms with Crippen LogP contribution in [0.1, 0.15) is 29.6 Å². The Kier molecular flexibility index (Phi) is 3.98. The quantitative estimate of drug-likeness (QED) is 0.709. The first-order valence-electron chi connectivity index (χ1n) is 5.95. The highest BCUT2D eigenvalue weighted by atomic mass is 16.5. The van der Waals surface area contributed by atoms with Crippen molar-refractivity contribution in [1.82, 2.24) is 5.32 Å². The van der Waals surface area contributed by atoms with Crippen LogP contribution >= 0.6 is 0 Å². The zero-order valence-electron chi connectivity index (χ0n) is 9.69. The number of carbonyl (C=O) groups is 1. The lowest BCUT2D eigenvalue weighted by Crippen LogP contribution is -2.19. The van der Waals surface area contributed by atoms with Crippen molar-refractivity contribution in [2.45, 2.75) is 25.3 Å². The predicted octanol–water partition coefficient (Wildman–Crippen LogP) is 1.91. The molecular weight excluding hydrogens is 218 g/mol. The first-order chi connectivity index (χ1) is 8.25. The number of carboxylic acid groups (broad SMARTS) is 1. The fourth-order valence-corrected chi connectivity index (χ4v) is 1.57. The summed E-state index contributed by atoms with van der Waals surface area (Å²) in [5, 5.41) is 12.2. The summed E-state index contributed by atoms with van der Waals surface area (Å²) in [6.45, 7) is 1.58. The van der Waals surface area contributed by atoms with E-state index in [1.165, 1.54) is 12.8 Å². The van der Waals surface area contributed by atoms with E-state index in [1.54, 1.807) is 24.3 Å². The topological polar surface area (TPSA) is 58.6 Å². The highest BCUT2D eigenvalue weighted by molar-refractivity contribution is 5.87. The number of carboxylic acids is 1. The van der Waals surface area contributed by atoms with Gasteiger partial charge in [-0.15, -0.1) is 0 Å². The molecule has 2 rings (SSSR count). The average molecular weight is 235 g/mol. The number of ether oxygens (including phenoxy) is 1. The molecule has 0 radical (unpaired) electrons. The molecule has 0 aromatic heterocycles.